The van der Waals surface area contributed by atoms with Crippen LogP contribution in [0.2, 0.25) is 5.02 Å². The average molecular weight is 295 g/mol. The maximum absolute atomic E-state index is 6.35. The fourth-order valence-electron chi connectivity index (χ4n) is 2.03. The first kappa shape index (κ1) is 14.4. The van der Waals surface area contributed by atoms with Gasteiger partial charge >= 0.3 is 0 Å². The Morgan fingerprint density at radius 1 is 1.32 bits per heavy atom. The van der Waals surface area contributed by atoms with E-state index in [0.29, 0.717) is 0 Å². The second-order valence-electron chi connectivity index (χ2n) is 4.57. The Balaban J connectivity index is 2.00. The zero-order valence-corrected chi connectivity index (χ0v) is 12.9. The standard InChI is InChI=1S/C15H19ClN2S/c1-17-11-12-5-6-15(14(16)10-12)18(2)8-7-13-4-3-9-19-13/h3-6,9-10,17H,7-8,11H2,1-2H3. The van der Waals surface area contributed by atoms with Gasteiger partial charge in [-0.1, -0.05) is 23.7 Å². The number of hydrogen-bond donors (Lipinski definition) is 1. The molecule has 0 aliphatic heterocycles. The Kier molecular flexibility index (Phi) is 5.25. The van der Waals surface area contributed by atoms with Gasteiger partial charge in [0.05, 0.1) is 10.7 Å². The van der Waals surface area contributed by atoms with Crippen molar-refractivity contribution < 1.29 is 0 Å². The van der Waals surface area contributed by atoms with Crippen LogP contribution in [0.5, 0.6) is 0 Å². The highest BCUT2D eigenvalue weighted by Crippen LogP contribution is 2.26. The minimum absolute atomic E-state index is 0.821. The molecule has 2 rings (SSSR count). The first-order valence-corrected chi connectivity index (χ1v) is 7.63. The van der Waals surface area contributed by atoms with Crippen molar-refractivity contribution in [2.75, 3.05) is 25.5 Å². The van der Waals surface area contributed by atoms with Gasteiger partial charge in [-0.3, -0.25) is 0 Å². The van der Waals surface area contributed by atoms with Crippen molar-refractivity contribution in [3.05, 3.63) is 51.2 Å². The number of thiophene rings is 1. The molecular weight excluding hydrogens is 276 g/mol. The van der Waals surface area contributed by atoms with Crippen LogP contribution in [0, 0.1) is 0 Å². The van der Waals surface area contributed by atoms with Crippen LogP contribution in [0.3, 0.4) is 0 Å². The average Bonchev–Trinajstić information content (AvgIpc) is 2.89. The lowest BCUT2D eigenvalue weighted by Crippen LogP contribution is -2.20. The van der Waals surface area contributed by atoms with Gasteiger partial charge in [0.15, 0.2) is 0 Å². The van der Waals surface area contributed by atoms with Crippen LogP contribution < -0.4 is 10.2 Å². The number of halogens is 1. The van der Waals surface area contributed by atoms with Crippen LogP contribution in [0.4, 0.5) is 5.69 Å². The van der Waals surface area contributed by atoms with E-state index in [2.05, 4.69) is 46.9 Å². The summed E-state index contributed by atoms with van der Waals surface area (Å²) in [4.78, 5) is 3.63. The summed E-state index contributed by atoms with van der Waals surface area (Å²) in [7, 11) is 4.03. The van der Waals surface area contributed by atoms with E-state index in [0.717, 1.165) is 30.2 Å². The molecule has 0 atom stereocenters. The molecule has 102 valence electrons. The molecule has 1 aromatic heterocycles. The molecule has 0 fully saturated rings. The monoisotopic (exact) mass is 294 g/mol. The second kappa shape index (κ2) is 6.94. The topological polar surface area (TPSA) is 15.3 Å². The van der Waals surface area contributed by atoms with Crippen molar-refractivity contribution in [3.63, 3.8) is 0 Å². The van der Waals surface area contributed by atoms with Gasteiger partial charge < -0.3 is 10.2 Å². The van der Waals surface area contributed by atoms with Crippen LogP contribution in [-0.4, -0.2) is 20.6 Å². The Bertz CT molecular complexity index is 511. The Morgan fingerprint density at radius 3 is 2.79 bits per heavy atom. The number of anilines is 1. The summed E-state index contributed by atoms with van der Waals surface area (Å²) in [5, 5.41) is 6.07. The molecule has 0 spiro atoms. The van der Waals surface area contributed by atoms with Gasteiger partial charge in [-0.2, -0.15) is 0 Å². The predicted molar refractivity (Wildman–Crippen MR) is 85.5 cm³/mol. The minimum Gasteiger partial charge on any atom is -0.373 e. The zero-order chi connectivity index (χ0) is 13.7. The number of benzene rings is 1. The minimum atomic E-state index is 0.821. The largest absolute Gasteiger partial charge is 0.373 e. The number of nitrogens with one attached hydrogen (secondary N) is 1. The SMILES string of the molecule is CNCc1ccc(N(C)CCc2cccs2)c(Cl)c1. The lowest BCUT2D eigenvalue weighted by Gasteiger charge is -2.20. The lowest BCUT2D eigenvalue weighted by atomic mass is 10.2. The fourth-order valence-corrected chi connectivity index (χ4v) is 3.07. The van der Waals surface area contributed by atoms with Crippen LogP contribution in [-0.2, 0) is 13.0 Å². The summed E-state index contributed by atoms with van der Waals surface area (Å²) in [5.41, 5.74) is 2.31. The lowest BCUT2D eigenvalue weighted by molar-refractivity contribution is 0.817. The van der Waals surface area contributed by atoms with Crippen LogP contribution in [0.15, 0.2) is 35.7 Å². The third kappa shape index (κ3) is 3.96. The highest BCUT2D eigenvalue weighted by molar-refractivity contribution is 7.09. The highest BCUT2D eigenvalue weighted by atomic mass is 35.5. The van der Waals surface area contributed by atoms with Gasteiger partial charge in [-0.05, 0) is 42.6 Å². The second-order valence-corrected chi connectivity index (χ2v) is 6.01. The van der Waals surface area contributed by atoms with E-state index in [1.54, 1.807) is 11.3 Å². The van der Waals surface area contributed by atoms with E-state index < -0.39 is 0 Å². The van der Waals surface area contributed by atoms with Crippen LogP contribution in [0.25, 0.3) is 0 Å². The number of nitrogens with zero attached hydrogens (tertiary/aromatic N) is 1. The third-order valence-electron chi connectivity index (χ3n) is 3.08. The summed E-state index contributed by atoms with van der Waals surface area (Å²) < 4.78 is 0. The zero-order valence-electron chi connectivity index (χ0n) is 11.3. The Labute approximate surface area is 124 Å². The van der Waals surface area contributed by atoms with E-state index in [1.807, 2.05) is 13.1 Å². The molecule has 0 saturated carbocycles. The molecule has 1 aromatic carbocycles. The van der Waals surface area contributed by atoms with Crippen LogP contribution >= 0.6 is 22.9 Å². The normalized spacial score (nSPS) is 10.7. The molecule has 1 N–H and O–H groups in total. The molecule has 0 radical (unpaired) electrons. The molecule has 0 saturated heterocycles. The van der Waals surface area contributed by atoms with Crippen molar-refractivity contribution in [1.29, 1.82) is 0 Å². The molecule has 4 heteroatoms. The van der Waals surface area contributed by atoms with E-state index in [-0.39, 0.29) is 0 Å². The molecule has 0 bridgehead atoms. The quantitative estimate of drug-likeness (QED) is 0.872. The maximum Gasteiger partial charge on any atom is 0.0642 e. The summed E-state index contributed by atoms with van der Waals surface area (Å²) in [6.07, 6.45) is 1.06. The Morgan fingerprint density at radius 2 is 2.16 bits per heavy atom. The molecule has 0 unspecified atom stereocenters. The van der Waals surface area contributed by atoms with E-state index in [1.165, 1.54) is 10.4 Å². The van der Waals surface area contributed by atoms with Crippen molar-refractivity contribution >= 4 is 28.6 Å². The van der Waals surface area contributed by atoms with Gasteiger partial charge in [0.2, 0.25) is 0 Å². The number of hydrogen-bond acceptors (Lipinski definition) is 3. The molecule has 0 aliphatic rings. The number of likely N-dealkylation sites (N-methyl/N-ethyl adjacent to an activating group) is 1. The van der Waals surface area contributed by atoms with E-state index >= 15 is 0 Å². The molecule has 1 heterocycles. The fraction of sp³-hybridized carbons (Fsp3) is 0.333. The summed E-state index contributed by atoms with van der Waals surface area (Å²) in [6, 6.07) is 10.5. The first-order chi connectivity index (χ1) is 9.20. The van der Waals surface area contributed by atoms with Gasteiger partial charge in [0.1, 0.15) is 0 Å². The highest BCUT2D eigenvalue weighted by Gasteiger charge is 2.07. The molecule has 2 nitrogen and oxygen atoms in total. The van der Waals surface area contributed by atoms with Gasteiger partial charge in [-0.15, -0.1) is 11.3 Å². The smallest absolute Gasteiger partial charge is 0.0642 e. The van der Waals surface area contributed by atoms with E-state index in [4.69, 9.17) is 11.6 Å². The van der Waals surface area contributed by atoms with E-state index in [9.17, 15) is 0 Å². The molecule has 2 aromatic rings. The summed E-state index contributed by atoms with van der Waals surface area (Å²) >= 11 is 8.16. The third-order valence-corrected chi connectivity index (χ3v) is 4.32. The van der Waals surface area contributed by atoms with Crippen LogP contribution in [0.1, 0.15) is 10.4 Å². The maximum atomic E-state index is 6.35. The van der Waals surface area contributed by atoms with Crippen molar-refractivity contribution in [2.45, 2.75) is 13.0 Å². The molecule has 0 amide bonds. The van der Waals surface area contributed by atoms with Gasteiger partial charge in [-0.25, -0.2) is 0 Å². The molecular formula is C15H19ClN2S. The van der Waals surface area contributed by atoms with Crippen molar-refractivity contribution in [2.24, 2.45) is 0 Å². The van der Waals surface area contributed by atoms with Gasteiger partial charge in [0.25, 0.3) is 0 Å². The first-order valence-electron chi connectivity index (χ1n) is 6.37. The predicted octanol–water partition coefficient (Wildman–Crippen LogP) is 3.80. The summed E-state index contributed by atoms with van der Waals surface area (Å²) in [5.74, 6) is 0. The molecule has 0 aliphatic carbocycles. The molecule has 19 heavy (non-hydrogen) atoms. The van der Waals surface area contributed by atoms with Crippen molar-refractivity contribution in [3.8, 4) is 0 Å². The Hall–Kier alpha value is -1.03. The summed E-state index contributed by atoms with van der Waals surface area (Å²) in [6.45, 7) is 1.82. The van der Waals surface area contributed by atoms with Crippen molar-refractivity contribution in [1.82, 2.24) is 5.32 Å². The number of rotatable bonds is 6. The van der Waals surface area contributed by atoms with Gasteiger partial charge in [0, 0.05) is 25.0 Å².